The molecule has 2 atom stereocenters. The third-order valence-electron chi connectivity index (χ3n) is 3.48. The van der Waals surface area contributed by atoms with Crippen molar-refractivity contribution in [1.82, 2.24) is 10.6 Å². The molecule has 0 aliphatic carbocycles. The van der Waals surface area contributed by atoms with Crippen LogP contribution in [0.4, 0.5) is 0 Å². The predicted molar refractivity (Wildman–Crippen MR) is 89.9 cm³/mol. The second-order valence-corrected chi connectivity index (χ2v) is 6.23. The van der Waals surface area contributed by atoms with Crippen molar-refractivity contribution in [3.63, 3.8) is 0 Å². The molecule has 122 valence electrons. The van der Waals surface area contributed by atoms with Crippen LogP contribution in [0.2, 0.25) is 5.02 Å². The van der Waals surface area contributed by atoms with Gasteiger partial charge in [-0.2, -0.15) is 0 Å². The Kier molecular flexibility index (Phi) is 7.39. The van der Waals surface area contributed by atoms with Crippen LogP contribution in [0.3, 0.4) is 0 Å². The molecule has 5 heteroatoms. The molecule has 0 spiro atoms. The van der Waals surface area contributed by atoms with Gasteiger partial charge in [0.05, 0.1) is 5.92 Å². The highest BCUT2D eigenvalue weighted by Crippen LogP contribution is 2.26. The Hall–Kier alpha value is -1.55. The van der Waals surface area contributed by atoms with Crippen LogP contribution in [0.25, 0.3) is 0 Å². The maximum atomic E-state index is 12.5. The summed E-state index contributed by atoms with van der Waals surface area (Å²) in [6, 6.07) is 6.71. The highest BCUT2D eigenvalue weighted by molar-refractivity contribution is 6.30. The van der Waals surface area contributed by atoms with Crippen molar-refractivity contribution in [3.05, 3.63) is 34.9 Å². The third-order valence-corrected chi connectivity index (χ3v) is 3.73. The lowest BCUT2D eigenvalue weighted by Gasteiger charge is -2.23. The molecular weight excluding hydrogens is 300 g/mol. The van der Waals surface area contributed by atoms with Crippen molar-refractivity contribution in [2.45, 2.75) is 46.1 Å². The van der Waals surface area contributed by atoms with E-state index in [1.807, 2.05) is 32.9 Å². The van der Waals surface area contributed by atoms with Gasteiger partial charge in [0.25, 0.3) is 0 Å². The molecule has 2 N–H and O–H groups in total. The largest absolute Gasteiger partial charge is 0.354 e. The van der Waals surface area contributed by atoms with Crippen molar-refractivity contribution in [2.75, 3.05) is 6.54 Å². The van der Waals surface area contributed by atoms with Crippen molar-refractivity contribution in [3.8, 4) is 0 Å². The minimum atomic E-state index is -0.549. The van der Waals surface area contributed by atoms with E-state index in [0.717, 1.165) is 12.0 Å². The molecule has 1 rings (SSSR count). The molecule has 0 fully saturated rings. The van der Waals surface area contributed by atoms with Gasteiger partial charge in [0.2, 0.25) is 11.8 Å². The highest BCUT2D eigenvalue weighted by Gasteiger charge is 2.26. The first-order valence-corrected chi connectivity index (χ1v) is 8.08. The van der Waals surface area contributed by atoms with E-state index in [4.69, 9.17) is 11.6 Å². The summed E-state index contributed by atoms with van der Waals surface area (Å²) in [5, 5.41) is 6.22. The van der Waals surface area contributed by atoms with Crippen molar-refractivity contribution in [1.29, 1.82) is 0 Å². The molecule has 2 amide bonds. The Morgan fingerprint density at radius 3 is 2.18 bits per heavy atom. The van der Waals surface area contributed by atoms with Gasteiger partial charge in [0.1, 0.15) is 6.04 Å². The molecule has 0 unspecified atom stereocenters. The van der Waals surface area contributed by atoms with Crippen LogP contribution in [0.15, 0.2) is 24.3 Å². The van der Waals surface area contributed by atoms with Gasteiger partial charge in [0, 0.05) is 11.6 Å². The van der Waals surface area contributed by atoms with E-state index in [1.54, 1.807) is 19.1 Å². The molecule has 22 heavy (non-hydrogen) atoms. The van der Waals surface area contributed by atoms with Crippen molar-refractivity contribution in [2.24, 2.45) is 5.92 Å². The fourth-order valence-corrected chi connectivity index (χ4v) is 2.41. The first-order valence-electron chi connectivity index (χ1n) is 7.70. The normalized spacial score (nSPS) is 13.5. The lowest BCUT2D eigenvalue weighted by atomic mass is 9.87. The Morgan fingerprint density at radius 2 is 1.68 bits per heavy atom. The van der Waals surface area contributed by atoms with Gasteiger partial charge in [-0.1, -0.05) is 44.5 Å². The van der Waals surface area contributed by atoms with Crippen molar-refractivity contribution >= 4 is 23.4 Å². The van der Waals surface area contributed by atoms with Gasteiger partial charge >= 0.3 is 0 Å². The zero-order valence-corrected chi connectivity index (χ0v) is 14.4. The molecule has 0 aromatic heterocycles. The molecule has 0 aliphatic rings. The average molecular weight is 325 g/mol. The molecule has 1 aromatic rings. The van der Waals surface area contributed by atoms with E-state index in [2.05, 4.69) is 10.6 Å². The maximum absolute atomic E-state index is 12.5. The summed E-state index contributed by atoms with van der Waals surface area (Å²) >= 11 is 5.90. The van der Waals surface area contributed by atoms with E-state index < -0.39 is 6.04 Å². The van der Waals surface area contributed by atoms with Crippen LogP contribution >= 0.6 is 11.6 Å². The van der Waals surface area contributed by atoms with Gasteiger partial charge in [-0.25, -0.2) is 0 Å². The zero-order valence-electron chi connectivity index (χ0n) is 13.7. The first kappa shape index (κ1) is 18.5. The summed E-state index contributed by atoms with van der Waals surface area (Å²) in [5.41, 5.74) is 0.901. The minimum Gasteiger partial charge on any atom is -0.354 e. The summed E-state index contributed by atoms with van der Waals surface area (Å²) in [6.07, 6.45) is 0.867. The van der Waals surface area contributed by atoms with Gasteiger partial charge in [-0.3, -0.25) is 9.59 Å². The lowest BCUT2D eigenvalue weighted by molar-refractivity contribution is -0.129. The van der Waals surface area contributed by atoms with E-state index in [1.165, 1.54) is 0 Å². The SMILES string of the molecule is CCCNC(=O)[C@H](C)NC(=O)[C@H](c1ccc(Cl)cc1)C(C)C. The number of hydrogen-bond donors (Lipinski definition) is 2. The minimum absolute atomic E-state index is 0.118. The summed E-state index contributed by atoms with van der Waals surface area (Å²) < 4.78 is 0. The molecule has 0 saturated carbocycles. The van der Waals surface area contributed by atoms with Crippen LogP contribution in [0, 0.1) is 5.92 Å². The number of carbonyl (C=O) groups excluding carboxylic acids is 2. The van der Waals surface area contributed by atoms with Crippen LogP contribution < -0.4 is 10.6 Å². The Balaban J connectivity index is 2.78. The molecule has 0 heterocycles. The quantitative estimate of drug-likeness (QED) is 0.809. The van der Waals surface area contributed by atoms with Crippen LogP contribution in [-0.2, 0) is 9.59 Å². The van der Waals surface area contributed by atoms with Crippen LogP contribution in [-0.4, -0.2) is 24.4 Å². The summed E-state index contributed by atoms with van der Waals surface area (Å²) in [4.78, 5) is 24.4. The monoisotopic (exact) mass is 324 g/mol. The smallest absolute Gasteiger partial charge is 0.242 e. The predicted octanol–water partition coefficient (Wildman–Crippen LogP) is 3.11. The van der Waals surface area contributed by atoms with Crippen LogP contribution in [0.1, 0.15) is 45.6 Å². The zero-order chi connectivity index (χ0) is 16.7. The van der Waals surface area contributed by atoms with Gasteiger partial charge < -0.3 is 10.6 Å². The lowest BCUT2D eigenvalue weighted by Crippen LogP contribution is -2.47. The molecule has 0 radical (unpaired) electrons. The van der Waals surface area contributed by atoms with E-state index in [0.29, 0.717) is 11.6 Å². The third kappa shape index (κ3) is 5.34. The number of carbonyl (C=O) groups is 2. The number of halogens is 1. The number of amides is 2. The second-order valence-electron chi connectivity index (χ2n) is 5.79. The first-order chi connectivity index (χ1) is 10.4. The molecule has 0 saturated heterocycles. The van der Waals surface area contributed by atoms with Crippen LogP contribution in [0.5, 0.6) is 0 Å². The second kappa shape index (κ2) is 8.79. The molecule has 0 bridgehead atoms. The van der Waals surface area contributed by atoms with E-state index >= 15 is 0 Å². The summed E-state index contributed by atoms with van der Waals surface area (Å²) in [7, 11) is 0. The highest BCUT2D eigenvalue weighted by atomic mass is 35.5. The topological polar surface area (TPSA) is 58.2 Å². The number of benzene rings is 1. The Bertz CT molecular complexity index is 500. The van der Waals surface area contributed by atoms with Crippen molar-refractivity contribution < 1.29 is 9.59 Å². The number of nitrogens with one attached hydrogen (secondary N) is 2. The Morgan fingerprint density at radius 1 is 1.09 bits per heavy atom. The van der Waals surface area contributed by atoms with E-state index in [-0.39, 0.29) is 23.7 Å². The van der Waals surface area contributed by atoms with Gasteiger partial charge in [0.15, 0.2) is 0 Å². The number of rotatable bonds is 7. The maximum Gasteiger partial charge on any atom is 0.242 e. The molecule has 0 aliphatic heterocycles. The van der Waals surface area contributed by atoms with E-state index in [9.17, 15) is 9.59 Å². The van der Waals surface area contributed by atoms with Gasteiger partial charge in [-0.15, -0.1) is 0 Å². The fourth-order valence-electron chi connectivity index (χ4n) is 2.28. The molecule has 4 nitrogen and oxygen atoms in total. The number of hydrogen-bond acceptors (Lipinski definition) is 2. The van der Waals surface area contributed by atoms with Gasteiger partial charge in [-0.05, 0) is 37.0 Å². The standard InChI is InChI=1S/C17H25ClN2O2/c1-5-10-19-16(21)12(4)20-17(22)15(11(2)3)13-6-8-14(18)9-7-13/h6-9,11-12,15H,5,10H2,1-4H3,(H,19,21)(H,20,22)/t12-,15-/m0/s1. The summed E-state index contributed by atoms with van der Waals surface area (Å²) in [5.74, 6) is -0.490. The molecule has 1 aromatic carbocycles. The molecular formula is C17H25ClN2O2. The Labute approximate surface area is 137 Å². The summed E-state index contributed by atoms with van der Waals surface area (Å²) in [6.45, 7) is 8.27. The average Bonchev–Trinajstić information content (AvgIpc) is 2.46. The fraction of sp³-hybridized carbons (Fsp3) is 0.529.